The molecule has 1 rings (SSSR count). The Morgan fingerprint density at radius 2 is 2.07 bits per heavy atom. The second kappa shape index (κ2) is 3.71. The second-order valence-electron chi connectivity index (χ2n) is 3.18. The molecule has 0 fully saturated rings. The topological polar surface area (TPSA) is 78.1 Å². The van der Waals surface area contributed by atoms with Gasteiger partial charge in [-0.3, -0.25) is 9.97 Å². The van der Waals surface area contributed by atoms with E-state index in [9.17, 15) is 4.79 Å². The molecule has 1 aromatic heterocycles. The number of carbonyl (C=O) groups excluding carboxylic acids is 1. The molecule has 0 saturated heterocycles. The van der Waals surface area contributed by atoms with Gasteiger partial charge in [0.1, 0.15) is 0 Å². The van der Waals surface area contributed by atoms with Crippen molar-refractivity contribution in [1.82, 2.24) is 9.97 Å². The molecule has 5 heteroatoms. The Balaban J connectivity index is 3.16. The molecule has 5 nitrogen and oxygen atoms in total. The Labute approximate surface area is 82.3 Å². The van der Waals surface area contributed by atoms with Crippen LogP contribution in [0.25, 0.3) is 0 Å². The molecule has 1 aromatic rings. The Hall–Kier alpha value is -1.49. The largest absolute Gasteiger partial charge is 0.467 e. The van der Waals surface area contributed by atoms with Gasteiger partial charge in [-0.25, -0.2) is 4.79 Å². The van der Waals surface area contributed by atoms with Crippen molar-refractivity contribution in [3.05, 3.63) is 23.8 Å². The number of rotatable bonds is 2. The lowest BCUT2D eigenvalue weighted by atomic mass is 9.97. The van der Waals surface area contributed by atoms with E-state index in [2.05, 4.69) is 14.7 Å². The highest BCUT2D eigenvalue weighted by atomic mass is 16.5. The SMILES string of the molecule is COC(=O)C(C)(N)c1nccnc1C. The number of aromatic nitrogens is 2. The van der Waals surface area contributed by atoms with E-state index in [-0.39, 0.29) is 0 Å². The summed E-state index contributed by atoms with van der Waals surface area (Å²) in [4.78, 5) is 19.4. The zero-order valence-electron chi connectivity index (χ0n) is 8.44. The normalized spacial score (nSPS) is 14.6. The Bertz CT molecular complexity index is 350. The Morgan fingerprint density at radius 1 is 1.50 bits per heavy atom. The van der Waals surface area contributed by atoms with Crippen LogP contribution in [0.5, 0.6) is 0 Å². The van der Waals surface area contributed by atoms with E-state index in [1.165, 1.54) is 13.3 Å². The van der Waals surface area contributed by atoms with E-state index < -0.39 is 11.5 Å². The van der Waals surface area contributed by atoms with Crippen LogP contribution in [0.3, 0.4) is 0 Å². The number of hydrogen-bond acceptors (Lipinski definition) is 5. The summed E-state index contributed by atoms with van der Waals surface area (Å²) in [5.41, 5.74) is 5.64. The van der Waals surface area contributed by atoms with Gasteiger partial charge in [0.25, 0.3) is 0 Å². The van der Waals surface area contributed by atoms with Crippen LogP contribution < -0.4 is 5.73 Å². The van der Waals surface area contributed by atoms with Crippen molar-refractivity contribution in [3.8, 4) is 0 Å². The molecule has 0 aromatic carbocycles. The van der Waals surface area contributed by atoms with E-state index in [1.807, 2.05) is 0 Å². The molecule has 0 aliphatic rings. The summed E-state index contributed by atoms with van der Waals surface area (Å²) in [7, 11) is 1.29. The van der Waals surface area contributed by atoms with E-state index in [1.54, 1.807) is 20.0 Å². The molecule has 14 heavy (non-hydrogen) atoms. The third-order valence-corrected chi connectivity index (χ3v) is 1.98. The lowest BCUT2D eigenvalue weighted by Gasteiger charge is -2.21. The highest BCUT2D eigenvalue weighted by Gasteiger charge is 2.34. The van der Waals surface area contributed by atoms with Gasteiger partial charge < -0.3 is 10.5 Å². The quantitative estimate of drug-likeness (QED) is 0.679. The van der Waals surface area contributed by atoms with Gasteiger partial charge in [-0.2, -0.15) is 0 Å². The van der Waals surface area contributed by atoms with E-state index in [0.717, 1.165) is 0 Å². The van der Waals surface area contributed by atoms with Gasteiger partial charge in [-0.05, 0) is 13.8 Å². The lowest BCUT2D eigenvalue weighted by molar-refractivity contribution is -0.146. The first-order chi connectivity index (χ1) is 6.50. The first-order valence-corrected chi connectivity index (χ1v) is 4.15. The van der Waals surface area contributed by atoms with Crippen LogP contribution in [0.2, 0.25) is 0 Å². The summed E-state index contributed by atoms with van der Waals surface area (Å²) >= 11 is 0. The van der Waals surface area contributed by atoms with Crippen LogP contribution in [-0.2, 0) is 15.1 Å². The average Bonchev–Trinajstić information content (AvgIpc) is 2.17. The number of nitrogens with two attached hydrogens (primary N) is 1. The molecular weight excluding hydrogens is 182 g/mol. The van der Waals surface area contributed by atoms with Crippen LogP contribution in [0.15, 0.2) is 12.4 Å². The maximum absolute atomic E-state index is 11.4. The molecule has 2 N–H and O–H groups in total. The first-order valence-electron chi connectivity index (χ1n) is 4.15. The highest BCUT2D eigenvalue weighted by molar-refractivity contribution is 5.81. The zero-order valence-corrected chi connectivity index (χ0v) is 8.44. The minimum atomic E-state index is -1.24. The van der Waals surface area contributed by atoms with Gasteiger partial charge in [0.2, 0.25) is 0 Å². The molecule has 0 bridgehead atoms. The summed E-state index contributed by atoms with van der Waals surface area (Å²) in [5.74, 6) is -0.527. The van der Waals surface area contributed by atoms with Crippen molar-refractivity contribution >= 4 is 5.97 Å². The summed E-state index contributed by atoms with van der Waals surface area (Å²) in [6.45, 7) is 3.30. The summed E-state index contributed by atoms with van der Waals surface area (Å²) < 4.78 is 4.59. The van der Waals surface area contributed by atoms with Crippen molar-refractivity contribution in [2.75, 3.05) is 7.11 Å². The summed E-state index contributed by atoms with van der Waals surface area (Å²) in [5, 5.41) is 0. The van der Waals surface area contributed by atoms with Gasteiger partial charge in [-0.1, -0.05) is 0 Å². The molecule has 0 aliphatic carbocycles. The number of esters is 1. The van der Waals surface area contributed by atoms with Gasteiger partial charge in [0.05, 0.1) is 18.5 Å². The molecule has 0 amide bonds. The molecule has 1 unspecified atom stereocenters. The number of aryl methyl sites for hydroxylation is 1. The van der Waals surface area contributed by atoms with Gasteiger partial charge >= 0.3 is 5.97 Å². The van der Waals surface area contributed by atoms with Crippen LogP contribution >= 0.6 is 0 Å². The van der Waals surface area contributed by atoms with Crippen molar-refractivity contribution < 1.29 is 9.53 Å². The van der Waals surface area contributed by atoms with Gasteiger partial charge in [0.15, 0.2) is 5.54 Å². The minimum absolute atomic E-state index is 0.437. The second-order valence-corrected chi connectivity index (χ2v) is 3.18. The molecule has 76 valence electrons. The van der Waals surface area contributed by atoms with Crippen molar-refractivity contribution in [2.24, 2.45) is 5.73 Å². The number of nitrogens with zero attached hydrogens (tertiary/aromatic N) is 2. The average molecular weight is 195 g/mol. The number of carbonyl (C=O) groups is 1. The molecule has 0 aliphatic heterocycles. The predicted molar refractivity (Wildman–Crippen MR) is 50.3 cm³/mol. The Morgan fingerprint density at radius 3 is 2.57 bits per heavy atom. The monoisotopic (exact) mass is 195 g/mol. The van der Waals surface area contributed by atoms with Crippen LogP contribution in [0, 0.1) is 6.92 Å². The minimum Gasteiger partial charge on any atom is -0.467 e. The van der Waals surface area contributed by atoms with E-state index >= 15 is 0 Å². The van der Waals surface area contributed by atoms with Crippen molar-refractivity contribution in [1.29, 1.82) is 0 Å². The summed E-state index contributed by atoms with van der Waals surface area (Å²) in [6.07, 6.45) is 3.04. The smallest absolute Gasteiger partial charge is 0.331 e. The molecule has 0 saturated carbocycles. The maximum atomic E-state index is 11.4. The predicted octanol–water partition coefficient (Wildman–Crippen LogP) is 0.132. The standard InChI is InChI=1S/C9H13N3O2/c1-6-7(12-5-4-11-6)9(2,10)8(13)14-3/h4-5H,10H2,1-3H3. The highest BCUT2D eigenvalue weighted by Crippen LogP contribution is 2.18. The first kappa shape index (κ1) is 10.6. The number of hydrogen-bond donors (Lipinski definition) is 1. The molecule has 1 atom stereocenters. The fraction of sp³-hybridized carbons (Fsp3) is 0.444. The Kier molecular flexibility index (Phi) is 2.81. The number of methoxy groups -OCH3 is 1. The van der Waals surface area contributed by atoms with E-state index in [0.29, 0.717) is 11.4 Å². The third kappa shape index (κ3) is 1.72. The van der Waals surface area contributed by atoms with Crippen LogP contribution in [0.1, 0.15) is 18.3 Å². The van der Waals surface area contributed by atoms with Crippen molar-refractivity contribution in [3.63, 3.8) is 0 Å². The molecule has 1 heterocycles. The van der Waals surface area contributed by atoms with Crippen molar-refractivity contribution in [2.45, 2.75) is 19.4 Å². The fourth-order valence-corrected chi connectivity index (χ4v) is 1.23. The third-order valence-electron chi connectivity index (χ3n) is 1.98. The van der Waals surface area contributed by atoms with Gasteiger partial charge in [-0.15, -0.1) is 0 Å². The summed E-state index contributed by atoms with van der Waals surface area (Å²) in [6, 6.07) is 0. The fourth-order valence-electron chi connectivity index (χ4n) is 1.23. The van der Waals surface area contributed by atoms with Crippen LogP contribution in [0.4, 0.5) is 0 Å². The van der Waals surface area contributed by atoms with E-state index in [4.69, 9.17) is 5.73 Å². The van der Waals surface area contributed by atoms with Crippen LogP contribution in [-0.4, -0.2) is 23.0 Å². The lowest BCUT2D eigenvalue weighted by Crippen LogP contribution is -2.44. The molecular formula is C9H13N3O2. The number of ether oxygens (including phenoxy) is 1. The van der Waals surface area contributed by atoms with Gasteiger partial charge in [0, 0.05) is 12.4 Å². The molecule has 0 radical (unpaired) electrons. The zero-order chi connectivity index (χ0) is 10.8. The maximum Gasteiger partial charge on any atom is 0.331 e. The molecule has 0 spiro atoms.